The van der Waals surface area contributed by atoms with Gasteiger partial charge in [-0.3, -0.25) is 14.4 Å². The highest BCUT2D eigenvalue weighted by atomic mass is 16.4. The van der Waals surface area contributed by atoms with Gasteiger partial charge in [-0.1, -0.05) is 0 Å². The van der Waals surface area contributed by atoms with Crippen molar-refractivity contribution in [3.05, 3.63) is 0 Å². The third-order valence-electron chi connectivity index (χ3n) is 2.49. The van der Waals surface area contributed by atoms with E-state index in [1.807, 2.05) is 0 Å². The number of amides is 2. The van der Waals surface area contributed by atoms with Crippen molar-refractivity contribution in [3.63, 3.8) is 0 Å². The molecule has 6 nitrogen and oxygen atoms in total. The molecule has 0 saturated carbocycles. The number of carbonyl (C=O) groups excluding carboxylic acids is 2. The predicted molar refractivity (Wildman–Crippen MR) is 55.6 cm³/mol. The molecule has 1 rings (SSSR count). The Morgan fingerprint density at radius 2 is 2.00 bits per heavy atom. The Morgan fingerprint density at radius 1 is 1.38 bits per heavy atom. The van der Waals surface area contributed by atoms with Gasteiger partial charge < -0.3 is 15.3 Å². The molecule has 16 heavy (non-hydrogen) atoms. The van der Waals surface area contributed by atoms with Crippen molar-refractivity contribution in [2.45, 2.75) is 19.8 Å². The van der Waals surface area contributed by atoms with E-state index >= 15 is 0 Å². The summed E-state index contributed by atoms with van der Waals surface area (Å²) in [6.07, 6.45) is 0.398. The lowest BCUT2D eigenvalue weighted by Gasteiger charge is -2.38. The molecule has 0 spiro atoms. The average Bonchev–Trinajstić information content (AvgIpc) is 2.09. The first-order chi connectivity index (χ1) is 7.49. The Kier molecular flexibility index (Phi) is 4.28. The highest BCUT2D eigenvalue weighted by Gasteiger charge is 2.31. The van der Waals surface area contributed by atoms with Gasteiger partial charge in [0.2, 0.25) is 11.8 Å². The number of rotatable bonds is 5. The van der Waals surface area contributed by atoms with Crippen LogP contribution in [0.4, 0.5) is 0 Å². The van der Waals surface area contributed by atoms with Crippen molar-refractivity contribution >= 4 is 17.8 Å². The van der Waals surface area contributed by atoms with E-state index in [0.29, 0.717) is 19.6 Å². The third-order valence-corrected chi connectivity index (χ3v) is 2.49. The Hall–Kier alpha value is -1.59. The molecule has 1 saturated heterocycles. The van der Waals surface area contributed by atoms with Gasteiger partial charge in [-0.25, -0.2) is 0 Å². The van der Waals surface area contributed by atoms with E-state index in [1.165, 1.54) is 6.92 Å². The standard InChI is InChI=1S/C10H16N2O4/c1-7(13)11-3-2-9(14)12-5-8(6-12)4-10(15)16/h8H,2-6H2,1H3,(H,11,13)(H,15,16). The lowest BCUT2D eigenvalue weighted by molar-refractivity contribution is -0.145. The van der Waals surface area contributed by atoms with Gasteiger partial charge in [-0.15, -0.1) is 0 Å². The highest BCUT2D eigenvalue weighted by molar-refractivity contribution is 5.79. The fourth-order valence-electron chi connectivity index (χ4n) is 1.65. The quantitative estimate of drug-likeness (QED) is 0.660. The third kappa shape index (κ3) is 3.88. The summed E-state index contributed by atoms with van der Waals surface area (Å²) >= 11 is 0. The first kappa shape index (κ1) is 12.5. The zero-order valence-corrected chi connectivity index (χ0v) is 9.23. The van der Waals surface area contributed by atoms with Crippen LogP contribution in [-0.2, 0) is 14.4 Å². The molecular weight excluding hydrogens is 212 g/mol. The van der Waals surface area contributed by atoms with Crippen LogP contribution in [0.15, 0.2) is 0 Å². The molecule has 0 aliphatic carbocycles. The van der Waals surface area contributed by atoms with Crippen molar-refractivity contribution in [1.29, 1.82) is 0 Å². The minimum absolute atomic E-state index is 0.0320. The summed E-state index contributed by atoms with van der Waals surface area (Å²) in [5.41, 5.74) is 0. The van der Waals surface area contributed by atoms with Gasteiger partial charge in [0.25, 0.3) is 0 Å². The monoisotopic (exact) mass is 228 g/mol. The second-order valence-corrected chi connectivity index (χ2v) is 4.00. The second-order valence-electron chi connectivity index (χ2n) is 4.00. The van der Waals surface area contributed by atoms with Gasteiger partial charge in [0.05, 0.1) is 6.42 Å². The zero-order valence-electron chi connectivity index (χ0n) is 9.23. The van der Waals surface area contributed by atoms with Crippen LogP contribution in [0.3, 0.4) is 0 Å². The number of aliphatic carboxylic acids is 1. The van der Waals surface area contributed by atoms with Gasteiger partial charge in [0.1, 0.15) is 0 Å². The highest BCUT2D eigenvalue weighted by Crippen LogP contribution is 2.19. The van der Waals surface area contributed by atoms with E-state index < -0.39 is 5.97 Å². The molecule has 2 N–H and O–H groups in total. The summed E-state index contributed by atoms with van der Waals surface area (Å²) in [7, 11) is 0. The molecular formula is C10H16N2O4. The number of carboxylic acids is 1. The van der Waals surface area contributed by atoms with Crippen LogP contribution in [0.25, 0.3) is 0 Å². The van der Waals surface area contributed by atoms with Gasteiger partial charge in [-0.2, -0.15) is 0 Å². The molecule has 0 aromatic heterocycles. The lowest BCUT2D eigenvalue weighted by atomic mass is 9.96. The van der Waals surface area contributed by atoms with Crippen LogP contribution in [0.2, 0.25) is 0 Å². The molecule has 0 unspecified atom stereocenters. The van der Waals surface area contributed by atoms with Crippen LogP contribution in [0.5, 0.6) is 0 Å². The topological polar surface area (TPSA) is 86.7 Å². The van der Waals surface area contributed by atoms with Crippen molar-refractivity contribution in [1.82, 2.24) is 10.2 Å². The normalized spacial score (nSPS) is 15.4. The van der Waals surface area contributed by atoms with Crippen LogP contribution in [0.1, 0.15) is 19.8 Å². The van der Waals surface area contributed by atoms with E-state index in [4.69, 9.17) is 5.11 Å². The SMILES string of the molecule is CC(=O)NCCC(=O)N1CC(CC(=O)O)C1. The van der Waals surface area contributed by atoms with Crippen LogP contribution < -0.4 is 5.32 Å². The van der Waals surface area contributed by atoms with Gasteiger partial charge in [0, 0.05) is 38.9 Å². The van der Waals surface area contributed by atoms with Crippen molar-refractivity contribution in [2.75, 3.05) is 19.6 Å². The van der Waals surface area contributed by atoms with Crippen molar-refractivity contribution in [3.8, 4) is 0 Å². The molecule has 0 radical (unpaired) electrons. The zero-order chi connectivity index (χ0) is 12.1. The van der Waals surface area contributed by atoms with Gasteiger partial charge in [0.15, 0.2) is 0 Å². The largest absolute Gasteiger partial charge is 0.481 e. The molecule has 1 fully saturated rings. The molecule has 0 aromatic rings. The molecule has 6 heteroatoms. The molecule has 1 heterocycles. The molecule has 2 amide bonds. The number of hydrogen-bond acceptors (Lipinski definition) is 3. The first-order valence-corrected chi connectivity index (χ1v) is 5.23. The fraction of sp³-hybridized carbons (Fsp3) is 0.700. The summed E-state index contributed by atoms with van der Waals surface area (Å²) in [5.74, 6) is -0.923. The Balaban J connectivity index is 2.12. The van der Waals surface area contributed by atoms with E-state index in [-0.39, 0.29) is 30.6 Å². The summed E-state index contributed by atoms with van der Waals surface area (Å²) in [6.45, 7) is 2.78. The Bertz CT molecular complexity index is 297. The number of carbonyl (C=O) groups is 3. The van der Waals surface area contributed by atoms with Crippen LogP contribution >= 0.6 is 0 Å². The van der Waals surface area contributed by atoms with Crippen molar-refractivity contribution in [2.24, 2.45) is 5.92 Å². The van der Waals surface area contributed by atoms with E-state index in [0.717, 1.165) is 0 Å². The fourth-order valence-corrected chi connectivity index (χ4v) is 1.65. The molecule has 1 aliphatic heterocycles. The minimum atomic E-state index is -0.824. The summed E-state index contributed by atoms with van der Waals surface area (Å²) in [5, 5.41) is 11.1. The van der Waals surface area contributed by atoms with E-state index in [1.54, 1.807) is 4.90 Å². The number of likely N-dealkylation sites (tertiary alicyclic amines) is 1. The average molecular weight is 228 g/mol. The Labute approximate surface area is 93.6 Å². The van der Waals surface area contributed by atoms with Crippen LogP contribution in [-0.4, -0.2) is 47.4 Å². The second kappa shape index (κ2) is 5.48. The first-order valence-electron chi connectivity index (χ1n) is 5.23. The van der Waals surface area contributed by atoms with Crippen molar-refractivity contribution < 1.29 is 19.5 Å². The number of nitrogens with one attached hydrogen (secondary N) is 1. The number of hydrogen-bond donors (Lipinski definition) is 2. The maximum Gasteiger partial charge on any atom is 0.303 e. The maximum absolute atomic E-state index is 11.5. The summed E-state index contributed by atoms with van der Waals surface area (Å²) < 4.78 is 0. The molecule has 0 bridgehead atoms. The Morgan fingerprint density at radius 3 is 2.50 bits per heavy atom. The number of nitrogens with zero attached hydrogens (tertiary/aromatic N) is 1. The molecule has 90 valence electrons. The van der Waals surface area contributed by atoms with Crippen LogP contribution in [0, 0.1) is 5.92 Å². The number of carboxylic acid groups (broad SMARTS) is 1. The minimum Gasteiger partial charge on any atom is -0.481 e. The van der Waals surface area contributed by atoms with Gasteiger partial charge in [-0.05, 0) is 0 Å². The smallest absolute Gasteiger partial charge is 0.303 e. The molecule has 1 aliphatic rings. The summed E-state index contributed by atoms with van der Waals surface area (Å²) in [6, 6.07) is 0. The van der Waals surface area contributed by atoms with E-state index in [2.05, 4.69) is 5.32 Å². The molecule has 0 aromatic carbocycles. The molecule has 0 atom stereocenters. The summed E-state index contributed by atoms with van der Waals surface area (Å²) in [4.78, 5) is 34.0. The van der Waals surface area contributed by atoms with Gasteiger partial charge >= 0.3 is 5.97 Å². The predicted octanol–water partition coefficient (Wildman–Crippen LogP) is -0.554. The maximum atomic E-state index is 11.5. The van der Waals surface area contributed by atoms with E-state index in [9.17, 15) is 14.4 Å². The lowest BCUT2D eigenvalue weighted by Crippen LogP contribution is -2.51.